The second-order valence-corrected chi connectivity index (χ2v) is 5.38. The Hall–Kier alpha value is -2.13. The summed E-state index contributed by atoms with van der Waals surface area (Å²) in [5, 5.41) is 0. The van der Waals surface area contributed by atoms with E-state index in [0.29, 0.717) is 6.54 Å². The van der Waals surface area contributed by atoms with Crippen molar-refractivity contribution in [3.05, 3.63) is 71.8 Å². The SMILES string of the molecule is CN(C)CCN(Cc1ccccc1)C(=O)c1ccccc1. The van der Waals surface area contributed by atoms with E-state index in [1.807, 2.05) is 67.5 Å². The molecule has 2 rings (SSSR count). The molecule has 0 spiro atoms. The number of nitrogens with zero attached hydrogens (tertiary/aromatic N) is 2. The highest BCUT2D eigenvalue weighted by Crippen LogP contribution is 2.10. The third-order valence-corrected chi connectivity index (χ3v) is 3.34. The van der Waals surface area contributed by atoms with Crippen LogP contribution >= 0.6 is 0 Å². The van der Waals surface area contributed by atoms with Gasteiger partial charge in [0.1, 0.15) is 0 Å². The first kappa shape index (κ1) is 15.3. The molecule has 0 radical (unpaired) electrons. The van der Waals surface area contributed by atoms with Gasteiger partial charge in [-0.3, -0.25) is 4.79 Å². The van der Waals surface area contributed by atoms with Crippen LogP contribution in [-0.2, 0) is 6.54 Å². The van der Waals surface area contributed by atoms with Gasteiger partial charge >= 0.3 is 0 Å². The molecule has 21 heavy (non-hydrogen) atoms. The largest absolute Gasteiger partial charge is 0.333 e. The van der Waals surface area contributed by atoms with Gasteiger partial charge in [0.15, 0.2) is 0 Å². The smallest absolute Gasteiger partial charge is 0.254 e. The summed E-state index contributed by atoms with van der Waals surface area (Å²) in [7, 11) is 4.04. The van der Waals surface area contributed by atoms with E-state index in [4.69, 9.17) is 0 Å². The molecule has 0 N–H and O–H groups in total. The maximum absolute atomic E-state index is 12.7. The highest BCUT2D eigenvalue weighted by atomic mass is 16.2. The molecule has 3 heteroatoms. The molecule has 0 aromatic heterocycles. The summed E-state index contributed by atoms with van der Waals surface area (Å²) in [6.45, 7) is 2.21. The molecule has 1 amide bonds. The fraction of sp³-hybridized carbons (Fsp3) is 0.278. The monoisotopic (exact) mass is 282 g/mol. The minimum absolute atomic E-state index is 0.0845. The van der Waals surface area contributed by atoms with Gasteiger partial charge in [-0.15, -0.1) is 0 Å². The normalized spacial score (nSPS) is 10.6. The lowest BCUT2D eigenvalue weighted by molar-refractivity contribution is 0.0732. The molecule has 110 valence electrons. The molecule has 0 saturated carbocycles. The van der Waals surface area contributed by atoms with Crippen molar-refractivity contribution in [1.82, 2.24) is 9.80 Å². The van der Waals surface area contributed by atoms with Crippen molar-refractivity contribution in [1.29, 1.82) is 0 Å². The first-order valence-corrected chi connectivity index (χ1v) is 7.20. The third-order valence-electron chi connectivity index (χ3n) is 3.34. The summed E-state index contributed by atoms with van der Waals surface area (Å²) >= 11 is 0. The van der Waals surface area contributed by atoms with Gasteiger partial charge in [-0.2, -0.15) is 0 Å². The Morgan fingerprint density at radius 2 is 1.43 bits per heavy atom. The zero-order valence-electron chi connectivity index (χ0n) is 12.7. The summed E-state index contributed by atoms with van der Waals surface area (Å²) in [5.41, 5.74) is 1.90. The van der Waals surface area contributed by atoms with Crippen molar-refractivity contribution in [2.75, 3.05) is 27.2 Å². The van der Waals surface area contributed by atoms with Gasteiger partial charge in [-0.1, -0.05) is 48.5 Å². The third kappa shape index (κ3) is 4.72. The quantitative estimate of drug-likeness (QED) is 0.813. The predicted octanol–water partition coefficient (Wildman–Crippen LogP) is 2.89. The van der Waals surface area contributed by atoms with Crippen molar-refractivity contribution in [2.24, 2.45) is 0 Å². The first-order chi connectivity index (χ1) is 10.2. The van der Waals surface area contributed by atoms with Crippen LogP contribution in [0.1, 0.15) is 15.9 Å². The maximum Gasteiger partial charge on any atom is 0.254 e. The molecule has 0 saturated heterocycles. The lowest BCUT2D eigenvalue weighted by Crippen LogP contribution is -2.36. The number of amides is 1. The molecule has 3 nitrogen and oxygen atoms in total. The van der Waals surface area contributed by atoms with Crippen molar-refractivity contribution in [2.45, 2.75) is 6.54 Å². The lowest BCUT2D eigenvalue weighted by Gasteiger charge is -2.24. The number of benzene rings is 2. The summed E-state index contributed by atoms with van der Waals surface area (Å²) in [6, 6.07) is 19.6. The van der Waals surface area contributed by atoms with Crippen molar-refractivity contribution in [3.63, 3.8) is 0 Å². The molecule has 0 atom stereocenters. The number of carbonyl (C=O) groups is 1. The van der Waals surface area contributed by atoms with Gasteiger partial charge in [-0.05, 0) is 31.8 Å². The highest BCUT2D eigenvalue weighted by molar-refractivity contribution is 5.94. The van der Waals surface area contributed by atoms with Crippen LogP contribution in [0, 0.1) is 0 Å². The van der Waals surface area contributed by atoms with E-state index in [0.717, 1.165) is 24.2 Å². The van der Waals surface area contributed by atoms with E-state index in [-0.39, 0.29) is 5.91 Å². The van der Waals surface area contributed by atoms with Crippen molar-refractivity contribution in [3.8, 4) is 0 Å². The molecule has 0 aliphatic rings. The van der Waals surface area contributed by atoms with Gasteiger partial charge in [0.25, 0.3) is 5.91 Å². The van der Waals surface area contributed by atoms with Gasteiger partial charge < -0.3 is 9.80 Å². The Balaban J connectivity index is 2.13. The van der Waals surface area contributed by atoms with E-state index in [1.54, 1.807) is 0 Å². The van der Waals surface area contributed by atoms with E-state index >= 15 is 0 Å². The Kier molecular flexibility index (Phi) is 5.52. The van der Waals surface area contributed by atoms with E-state index in [1.165, 1.54) is 0 Å². The minimum atomic E-state index is 0.0845. The molecule has 0 aliphatic heterocycles. The van der Waals surface area contributed by atoms with Gasteiger partial charge in [-0.25, -0.2) is 0 Å². The molecule has 0 bridgehead atoms. The number of carbonyl (C=O) groups excluding carboxylic acids is 1. The van der Waals surface area contributed by atoms with Gasteiger partial charge in [0.05, 0.1) is 0 Å². The van der Waals surface area contributed by atoms with Crippen LogP contribution in [0.5, 0.6) is 0 Å². The predicted molar refractivity (Wildman–Crippen MR) is 86.2 cm³/mol. The van der Waals surface area contributed by atoms with Crippen LogP contribution in [0.2, 0.25) is 0 Å². The highest BCUT2D eigenvalue weighted by Gasteiger charge is 2.15. The molecule has 0 unspecified atom stereocenters. The summed E-state index contributed by atoms with van der Waals surface area (Å²) < 4.78 is 0. The fourth-order valence-corrected chi connectivity index (χ4v) is 2.14. The topological polar surface area (TPSA) is 23.6 Å². The Morgan fingerprint density at radius 1 is 0.857 bits per heavy atom. The molecule has 2 aromatic rings. The minimum Gasteiger partial charge on any atom is -0.333 e. The fourth-order valence-electron chi connectivity index (χ4n) is 2.14. The lowest BCUT2D eigenvalue weighted by atomic mass is 10.1. The van der Waals surface area contributed by atoms with Crippen molar-refractivity contribution >= 4 is 5.91 Å². The summed E-state index contributed by atoms with van der Waals surface area (Å²) in [5.74, 6) is 0.0845. The van der Waals surface area contributed by atoms with E-state index in [2.05, 4.69) is 17.0 Å². The molecule has 2 aromatic carbocycles. The number of likely N-dealkylation sites (N-methyl/N-ethyl adjacent to an activating group) is 1. The van der Waals surface area contributed by atoms with Crippen LogP contribution < -0.4 is 0 Å². The van der Waals surface area contributed by atoms with Crippen LogP contribution in [0.3, 0.4) is 0 Å². The number of hydrogen-bond acceptors (Lipinski definition) is 2. The molecule has 0 fully saturated rings. The van der Waals surface area contributed by atoms with Gasteiger partial charge in [0, 0.05) is 25.2 Å². The van der Waals surface area contributed by atoms with Crippen LogP contribution in [0.4, 0.5) is 0 Å². The maximum atomic E-state index is 12.7. The average Bonchev–Trinajstić information content (AvgIpc) is 2.52. The van der Waals surface area contributed by atoms with E-state index < -0.39 is 0 Å². The molecular formula is C18H22N2O. The summed E-state index contributed by atoms with van der Waals surface area (Å²) in [6.07, 6.45) is 0. The Labute approximate surface area is 126 Å². The molecular weight excluding hydrogens is 260 g/mol. The second kappa shape index (κ2) is 7.60. The zero-order valence-corrected chi connectivity index (χ0v) is 12.7. The number of hydrogen-bond donors (Lipinski definition) is 0. The van der Waals surface area contributed by atoms with Crippen LogP contribution in [-0.4, -0.2) is 42.9 Å². The Bertz CT molecular complexity index is 552. The average molecular weight is 282 g/mol. The number of rotatable bonds is 6. The van der Waals surface area contributed by atoms with Crippen LogP contribution in [0.15, 0.2) is 60.7 Å². The van der Waals surface area contributed by atoms with Gasteiger partial charge in [0.2, 0.25) is 0 Å². The second-order valence-electron chi connectivity index (χ2n) is 5.38. The van der Waals surface area contributed by atoms with E-state index in [9.17, 15) is 4.79 Å². The van der Waals surface area contributed by atoms with Crippen molar-refractivity contribution < 1.29 is 4.79 Å². The zero-order chi connectivity index (χ0) is 15.1. The van der Waals surface area contributed by atoms with Crippen LogP contribution in [0.25, 0.3) is 0 Å². The first-order valence-electron chi connectivity index (χ1n) is 7.20. The molecule has 0 aliphatic carbocycles. The summed E-state index contributed by atoms with van der Waals surface area (Å²) in [4.78, 5) is 16.7. The Morgan fingerprint density at radius 3 is 2.00 bits per heavy atom. The molecule has 0 heterocycles. The standard InChI is InChI=1S/C18H22N2O/c1-19(2)13-14-20(15-16-9-5-3-6-10-16)18(21)17-11-7-4-8-12-17/h3-12H,13-15H2,1-2H3.